The SMILES string of the molecule is Cc1ccc(Cl)c(N2CCC(N)C2=O)c1Cl. The molecule has 1 unspecified atom stereocenters. The molecule has 1 heterocycles. The summed E-state index contributed by atoms with van der Waals surface area (Å²) in [7, 11) is 0. The second-order valence-corrected chi connectivity index (χ2v) is 4.70. The molecule has 1 atom stereocenters. The van der Waals surface area contributed by atoms with Gasteiger partial charge in [0.15, 0.2) is 0 Å². The van der Waals surface area contributed by atoms with Crippen molar-refractivity contribution in [1.82, 2.24) is 0 Å². The second kappa shape index (κ2) is 4.24. The number of hydrogen-bond acceptors (Lipinski definition) is 2. The first-order valence-corrected chi connectivity index (χ1v) is 5.79. The van der Waals surface area contributed by atoms with Crippen LogP contribution in [0.15, 0.2) is 12.1 Å². The first kappa shape index (κ1) is 11.7. The van der Waals surface area contributed by atoms with Gasteiger partial charge in [-0.3, -0.25) is 4.79 Å². The topological polar surface area (TPSA) is 46.3 Å². The van der Waals surface area contributed by atoms with Gasteiger partial charge in [0.1, 0.15) is 0 Å². The van der Waals surface area contributed by atoms with E-state index < -0.39 is 6.04 Å². The first-order valence-electron chi connectivity index (χ1n) is 5.04. The van der Waals surface area contributed by atoms with Gasteiger partial charge in [0.2, 0.25) is 5.91 Å². The van der Waals surface area contributed by atoms with Crippen LogP contribution in [0.3, 0.4) is 0 Å². The van der Waals surface area contributed by atoms with Crippen molar-refractivity contribution in [3.63, 3.8) is 0 Å². The third-order valence-corrected chi connectivity index (χ3v) is 3.56. The zero-order valence-electron chi connectivity index (χ0n) is 8.84. The maximum absolute atomic E-state index is 11.8. The van der Waals surface area contributed by atoms with Gasteiger partial charge in [-0.2, -0.15) is 0 Å². The molecule has 3 nitrogen and oxygen atoms in total. The molecule has 1 aliphatic heterocycles. The normalized spacial score (nSPS) is 20.6. The third kappa shape index (κ3) is 1.79. The summed E-state index contributed by atoms with van der Waals surface area (Å²) in [6.07, 6.45) is 0.638. The van der Waals surface area contributed by atoms with E-state index in [1.807, 2.05) is 13.0 Å². The molecule has 1 aromatic rings. The van der Waals surface area contributed by atoms with Crippen molar-refractivity contribution in [1.29, 1.82) is 0 Å². The molecule has 2 rings (SSSR count). The Bertz CT molecular complexity index is 448. The molecule has 16 heavy (non-hydrogen) atoms. The molecule has 2 N–H and O–H groups in total. The molecule has 1 amide bonds. The molecule has 0 aliphatic carbocycles. The molecule has 1 aromatic carbocycles. The summed E-state index contributed by atoms with van der Waals surface area (Å²) in [5.74, 6) is -0.116. The van der Waals surface area contributed by atoms with E-state index in [9.17, 15) is 4.79 Å². The predicted molar refractivity (Wildman–Crippen MR) is 66.1 cm³/mol. The molecule has 86 valence electrons. The maximum atomic E-state index is 11.8. The fourth-order valence-corrected chi connectivity index (χ4v) is 2.39. The highest BCUT2D eigenvalue weighted by molar-refractivity contribution is 6.40. The van der Waals surface area contributed by atoms with E-state index in [-0.39, 0.29) is 5.91 Å². The summed E-state index contributed by atoms with van der Waals surface area (Å²) in [4.78, 5) is 13.4. The lowest BCUT2D eigenvalue weighted by atomic mass is 10.2. The van der Waals surface area contributed by atoms with Crippen molar-refractivity contribution in [2.75, 3.05) is 11.4 Å². The standard InChI is InChI=1S/C11H12Cl2N2O/c1-6-2-3-7(12)10(9(6)13)15-5-4-8(14)11(15)16/h2-3,8H,4-5,14H2,1H3. The lowest BCUT2D eigenvalue weighted by Gasteiger charge is -2.20. The first-order chi connectivity index (χ1) is 7.52. The van der Waals surface area contributed by atoms with Crippen molar-refractivity contribution in [3.8, 4) is 0 Å². The highest BCUT2D eigenvalue weighted by atomic mass is 35.5. The largest absolute Gasteiger partial charge is 0.320 e. The molecule has 0 radical (unpaired) electrons. The number of carbonyl (C=O) groups is 1. The van der Waals surface area contributed by atoms with Crippen LogP contribution in [0.1, 0.15) is 12.0 Å². The highest BCUT2D eigenvalue weighted by Crippen LogP contribution is 2.37. The van der Waals surface area contributed by atoms with Gasteiger partial charge in [-0.05, 0) is 25.0 Å². The van der Waals surface area contributed by atoms with Crippen LogP contribution in [0.2, 0.25) is 10.0 Å². The minimum Gasteiger partial charge on any atom is -0.320 e. The van der Waals surface area contributed by atoms with Crippen molar-refractivity contribution in [3.05, 3.63) is 27.7 Å². The summed E-state index contributed by atoms with van der Waals surface area (Å²) in [6.45, 7) is 2.45. The quantitative estimate of drug-likeness (QED) is 0.841. The second-order valence-electron chi connectivity index (χ2n) is 3.91. The van der Waals surface area contributed by atoms with E-state index in [1.54, 1.807) is 11.0 Å². The fraction of sp³-hybridized carbons (Fsp3) is 0.364. The number of anilines is 1. The van der Waals surface area contributed by atoms with Crippen molar-refractivity contribution in [2.45, 2.75) is 19.4 Å². The monoisotopic (exact) mass is 258 g/mol. The molecule has 0 aromatic heterocycles. The van der Waals surface area contributed by atoms with E-state index in [0.717, 1.165) is 5.56 Å². The van der Waals surface area contributed by atoms with Crippen molar-refractivity contribution in [2.24, 2.45) is 5.73 Å². The van der Waals surface area contributed by atoms with E-state index in [4.69, 9.17) is 28.9 Å². The van der Waals surface area contributed by atoms with Gasteiger partial charge in [-0.1, -0.05) is 29.3 Å². The van der Waals surface area contributed by atoms with Gasteiger partial charge in [0.05, 0.1) is 21.8 Å². The zero-order chi connectivity index (χ0) is 11.9. The molecule has 1 aliphatic rings. The van der Waals surface area contributed by atoms with Gasteiger partial charge >= 0.3 is 0 Å². The Morgan fingerprint density at radius 1 is 1.44 bits per heavy atom. The Morgan fingerprint density at radius 2 is 2.12 bits per heavy atom. The van der Waals surface area contributed by atoms with Crippen molar-refractivity contribution < 1.29 is 4.79 Å². The maximum Gasteiger partial charge on any atom is 0.244 e. The highest BCUT2D eigenvalue weighted by Gasteiger charge is 2.32. The smallest absolute Gasteiger partial charge is 0.244 e. The van der Waals surface area contributed by atoms with Crippen LogP contribution in [0.25, 0.3) is 0 Å². The molecule has 5 heteroatoms. The molecular formula is C11H12Cl2N2O. The van der Waals surface area contributed by atoms with Crippen LogP contribution in [0.4, 0.5) is 5.69 Å². The molecule has 1 fully saturated rings. The predicted octanol–water partition coefficient (Wildman–Crippen LogP) is 2.37. The average molecular weight is 259 g/mol. The number of benzene rings is 1. The van der Waals surface area contributed by atoms with Crippen LogP contribution in [-0.2, 0) is 4.79 Å². The number of rotatable bonds is 1. The van der Waals surface area contributed by atoms with Crippen LogP contribution in [0.5, 0.6) is 0 Å². The lowest BCUT2D eigenvalue weighted by molar-refractivity contribution is -0.118. The number of aryl methyl sites for hydroxylation is 1. The van der Waals surface area contributed by atoms with Crippen LogP contribution in [0, 0.1) is 6.92 Å². The zero-order valence-corrected chi connectivity index (χ0v) is 10.3. The van der Waals surface area contributed by atoms with E-state index >= 15 is 0 Å². The summed E-state index contributed by atoms with van der Waals surface area (Å²) < 4.78 is 0. The number of amides is 1. The van der Waals surface area contributed by atoms with E-state index in [1.165, 1.54) is 0 Å². The summed E-state index contributed by atoms with van der Waals surface area (Å²) in [6, 6.07) is 3.14. The van der Waals surface area contributed by atoms with Gasteiger partial charge in [0.25, 0.3) is 0 Å². The number of carbonyl (C=O) groups excluding carboxylic acids is 1. The number of hydrogen-bond donors (Lipinski definition) is 1. The number of halogens is 2. The van der Waals surface area contributed by atoms with Crippen molar-refractivity contribution >= 4 is 34.8 Å². The summed E-state index contributed by atoms with van der Waals surface area (Å²) in [5, 5.41) is 1.01. The van der Waals surface area contributed by atoms with Gasteiger partial charge < -0.3 is 10.6 Å². The Labute approximate surface area is 104 Å². The van der Waals surface area contributed by atoms with Gasteiger partial charge in [0, 0.05) is 6.54 Å². The number of nitrogens with zero attached hydrogens (tertiary/aromatic N) is 1. The third-order valence-electron chi connectivity index (χ3n) is 2.78. The Balaban J connectivity index is 2.48. The lowest BCUT2D eigenvalue weighted by Crippen LogP contribution is -2.34. The van der Waals surface area contributed by atoms with E-state index in [0.29, 0.717) is 28.7 Å². The Hall–Kier alpha value is -0.770. The average Bonchev–Trinajstić information content (AvgIpc) is 2.56. The molecule has 1 saturated heterocycles. The van der Waals surface area contributed by atoms with Gasteiger partial charge in [-0.15, -0.1) is 0 Å². The molecule has 0 bridgehead atoms. The summed E-state index contributed by atoms with van der Waals surface area (Å²) >= 11 is 12.2. The minimum absolute atomic E-state index is 0.116. The Morgan fingerprint density at radius 3 is 2.69 bits per heavy atom. The van der Waals surface area contributed by atoms with Crippen LogP contribution >= 0.6 is 23.2 Å². The summed E-state index contributed by atoms with van der Waals surface area (Å²) in [5.41, 5.74) is 7.15. The van der Waals surface area contributed by atoms with E-state index in [2.05, 4.69) is 0 Å². The van der Waals surface area contributed by atoms with Crippen LogP contribution in [-0.4, -0.2) is 18.5 Å². The number of nitrogens with two attached hydrogens (primary N) is 1. The van der Waals surface area contributed by atoms with Gasteiger partial charge in [-0.25, -0.2) is 0 Å². The van der Waals surface area contributed by atoms with Crippen LogP contribution < -0.4 is 10.6 Å². The molecule has 0 saturated carbocycles. The minimum atomic E-state index is -0.437. The molecule has 0 spiro atoms. The Kier molecular flexibility index (Phi) is 3.10. The molecular weight excluding hydrogens is 247 g/mol. The fourth-order valence-electron chi connectivity index (χ4n) is 1.81.